The molecule has 0 fully saturated rings. The van der Waals surface area contributed by atoms with Crippen LogP contribution in [-0.2, 0) is 0 Å². The van der Waals surface area contributed by atoms with Crippen LogP contribution in [0.4, 0.5) is 4.39 Å². The Balaban J connectivity index is 1.78. The zero-order valence-corrected chi connectivity index (χ0v) is 11.1. The van der Waals surface area contributed by atoms with Gasteiger partial charge in [0.15, 0.2) is 0 Å². The molecular weight excluding hydrogens is 267 g/mol. The molecule has 0 aliphatic rings. The van der Waals surface area contributed by atoms with Crippen molar-refractivity contribution in [2.75, 3.05) is 0 Å². The Hall–Kier alpha value is -2.88. The zero-order chi connectivity index (χ0) is 14.7. The molecule has 0 aliphatic heterocycles. The molecule has 0 saturated heterocycles. The molecular formula is C17H13FN2O. The fraction of sp³-hybridized carbons (Fsp3) is 0. The third-order valence-electron chi connectivity index (χ3n) is 3.09. The third kappa shape index (κ3) is 3.17. The molecule has 3 aromatic rings. The van der Waals surface area contributed by atoms with E-state index in [2.05, 4.69) is 10.2 Å². The van der Waals surface area contributed by atoms with E-state index < -0.39 is 0 Å². The summed E-state index contributed by atoms with van der Waals surface area (Å²) in [7, 11) is 0. The normalized spacial score (nSPS) is 11.1. The van der Waals surface area contributed by atoms with Crippen LogP contribution in [-0.4, -0.2) is 15.3 Å². The average molecular weight is 280 g/mol. The second-order valence-corrected chi connectivity index (χ2v) is 4.64. The summed E-state index contributed by atoms with van der Waals surface area (Å²) >= 11 is 0. The fourth-order valence-corrected chi connectivity index (χ4v) is 1.97. The third-order valence-corrected chi connectivity index (χ3v) is 3.09. The van der Waals surface area contributed by atoms with Gasteiger partial charge in [-0.05, 0) is 59.7 Å². The van der Waals surface area contributed by atoms with Gasteiger partial charge in [-0.3, -0.25) is 5.10 Å². The molecule has 0 saturated carbocycles. The molecule has 0 spiro atoms. The maximum absolute atomic E-state index is 12.9. The lowest BCUT2D eigenvalue weighted by Gasteiger charge is -1.95. The number of hydrogen-bond donors (Lipinski definition) is 2. The Morgan fingerprint density at radius 3 is 2.38 bits per heavy atom. The predicted octanol–water partition coefficient (Wildman–Crippen LogP) is 4.09. The summed E-state index contributed by atoms with van der Waals surface area (Å²) in [5.41, 5.74) is 3.47. The Labute approximate surface area is 121 Å². The first-order valence-corrected chi connectivity index (χ1v) is 6.49. The number of aromatic amines is 1. The van der Waals surface area contributed by atoms with Crippen LogP contribution in [0.15, 0.2) is 54.6 Å². The van der Waals surface area contributed by atoms with Crippen LogP contribution >= 0.6 is 0 Å². The van der Waals surface area contributed by atoms with Crippen molar-refractivity contribution in [2.45, 2.75) is 0 Å². The molecule has 4 heteroatoms. The molecule has 0 aliphatic carbocycles. The lowest BCUT2D eigenvalue weighted by atomic mass is 10.1. The Kier molecular flexibility index (Phi) is 3.51. The van der Waals surface area contributed by atoms with E-state index >= 15 is 0 Å². The van der Waals surface area contributed by atoms with Crippen LogP contribution in [0.3, 0.4) is 0 Å². The van der Waals surface area contributed by atoms with Gasteiger partial charge in [-0.2, -0.15) is 5.10 Å². The minimum Gasteiger partial charge on any atom is -0.508 e. The van der Waals surface area contributed by atoms with Gasteiger partial charge in [-0.1, -0.05) is 18.2 Å². The van der Waals surface area contributed by atoms with Crippen molar-refractivity contribution in [1.82, 2.24) is 10.2 Å². The number of rotatable bonds is 3. The second-order valence-electron chi connectivity index (χ2n) is 4.64. The number of phenolic OH excluding ortho intramolecular Hbond substituents is 1. The summed E-state index contributed by atoms with van der Waals surface area (Å²) in [6.07, 6.45) is 3.78. The van der Waals surface area contributed by atoms with E-state index in [0.717, 1.165) is 22.5 Å². The number of hydrogen-bond acceptors (Lipinski definition) is 2. The first kappa shape index (κ1) is 13.1. The highest BCUT2D eigenvalue weighted by molar-refractivity contribution is 5.71. The molecule has 21 heavy (non-hydrogen) atoms. The second kappa shape index (κ2) is 5.63. The maximum atomic E-state index is 12.9. The van der Waals surface area contributed by atoms with Gasteiger partial charge in [0.05, 0.1) is 11.4 Å². The lowest BCUT2D eigenvalue weighted by Crippen LogP contribution is -1.78. The van der Waals surface area contributed by atoms with Crippen LogP contribution in [0.25, 0.3) is 23.4 Å². The van der Waals surface area contributed by atoms with Crippen LogP contribution in [0.5, 0.6) is 5.75 Å². The lowest BCUT2D eigenvalue weighted by molar-refractivity contribution is 0.475. The molecule has 0 radical (unpaired) electrons. The van der Waals surface area contributed by atoms with Gasteiger partial charge in [-0.15, -0.1) is 0 Å². The molecule has 1 aromatic heterocycles. The number of aromatic nitrogens is 2. The number of benzene rings is 2. The van der Waals surface area contributed by atoms with Gasteiger partial charge in [0.1, 0.15) is 11.6 Å². The molecule has 2 aromatic carbocycles. The highest BCUT2D eigenvalue weighted by Gasteiger charge is 2.01. The summed E-state index contributed by atoms with van der Waals surface area (Å²) in [4.78, 5) is 0. The Morgan fingerprint density at radius 2 is 1.67 bits per heavy atom. The highest BCUT2D eigenvalue weighted by Crippen LogP contribution is 2.19. The first-order valence-electron chi connectivity index (χ1n) is 6.49. The maximum Gasteiger partial charge on any atom is 0.123 e. The number of nitrogens with zero attached hydrogens (tertiary/aromatic N) is 1. The summed E-state index contributed by atoms with van der Waals surface area (Å²) in [6, 6.07) is 15.0. The van der Waals surface area contributed by atoms with Crippen molar-refractivity contribution in [3.8, 4) is 17.0 Å². The topological polar surface area (TPSA) is 48.9 Å². The van der Waals surface area contributed by atoms with Crippen molar-refractivity contribution in [2.24, 2.45) is 0 Å². The molecule has 0 amide bonds. The Bertz CT molecular complexity index is 758. The van der Waals surface area contributed by atoms with Crippen molar-refractivity contribution < 1.29 is 9.50 Å². The van der Waals surface area contributed by atoms with Gasteiger partial charge in [0, 0.05) is 0 Å². The van der Waals surface area contributed by atoms with Crippen molar-refractivity contribution in [3.05, 3.63) is 71.7 Å². The number of H-pyrrole nitrogens is 1. The SMILES string of the molecule is Oc1ccc(/C=C/c2cc(-c3ccc(F)cc3)[nH]n2)cc1. The molecule has 2 N–H and O–H groups in total. The molecule has 0 bridgehead atoms. The zero-order valence-electron chi connectivity index (χ0n) is 11.1. The van der Waals surface area contributed by atoms with Crippen molar-refractivity contribution in [1.29, 1.82) is 0 Å². The van der Waals surface area contributed by atoms with Gasteiger partial charge in [0.2, 0.25) is 0 Å². The van der Waals surface area contributed by atoms with Gasteiger partial charge in [0.25, 0.3) is 0 Å². The van der Waals surface area contributed by atoms with E-state index in [1.54, 1.807) is 24.3 Å². The number of phenols is 1. The smallest absolute Gasteiger partial charge is 0.123 e. The fourth-order valence-electron chi connectivity index (χ4n) is 1.97. The quantitative estimate of drug-likeness (QED) is 0.759. The molecule has 104 valence electrons. The summed E-state index contributed by atoms with van der Waals surface area (Å²) in [6.45, 7) is 0. The van der Waals surface area contributed by atoms with Gasteiger partial charge < -0.3 is 5.11 Å². The van der Waals surface area contributed by atoms with E-state index in [0.29, 0.717) is 0 Å². The monoisotopic (exact) mass is 280 g/mol. The summed E-state index contributed by atoms with van der Waals surface area (Å²) < 4.78 is 12.9. The van der Waals surface area contributed by atoms with E-state index in [-0.39, 0.29) is 11.6 Å². The molecule has 0 atom stereocenters. The minimum absolute atomic E-state index is 0.241. The standard InChI is InChI=1S/C17H13FN2O/c18-14-6-4-13(5-7-14)17-11-15(19-20-17)8-1-12-2-9-16(21)10-3-12/h1-11,21H,(H,19,20)/b8-1+. The molecule has 0 unspecified atom stereocenters. The van der Waals surface area contributed by atoms with Crippen LogP contribution < -0.4 is 0 Å². The molecule has 1 heterocycles. The number of halogens is 1. The summed E-state index contributed by atoms with van der Waals surface area (Å²) in [5, 5.41) is 16.3. The van der Waals surface area contributed by atoms with E-state index in [1.165, 1.54) is 12.1 Å². The minimum atomic E-state index is -0.259. The van der Waals surface area contributed by atoms with Crippen LogP contribution in [0, 0.1) is 5.82 Å². The van der Waals surface area contributed by atoms with E-state index in [9.17, 15) is 9.50 Å². The summed E-state index contributed by atoms with van der Waals surface area (Å²) in [5.74, 6) is -0.0174. The van der Waals surface area contributed by atoms with Crippen molar-refractivity contribution in [3.63, 3.8) is 0 Å². The predicted molar refractivity (Wildman–Crippen MR) is 81.0 cm³/mol. The average Bonchev–Trinajstić information content (AvgIpc) is 2.96. The van der Waals surface area contributed by atoms with Crippen LogP contribution in [0.2, 0.25) is 0 Å². The molecule has 3 rings (SSSR count). The highest BCUT2D eigenvalue weighted by atomic mass is 19.1. The van der Waals surface area contributed by atoms with E-state index in [1.807, 2.05) is 30.4 Å². The number of nitrogens with one attached hydrogen (secondary N) is 1. The molecule has 3 nitrogen and oxygen atoms in total. The largest absolute Gasteiger partial charge is 0.508 e. The van der Waals surface area contributed by atoms with Crippen molar-refractivity contribution >= 4 is 12.2 Å². The Morgan fingerprint density at radius 1 is 0.952 bits per heavy atom. The van der Waals surface area contributed by atoms with Gasteiger partial charge >= 0.3 is 0 Å². The van der Waals surface area contributed by atoms with Crippen LogP contribution in [0.1, 0.15) is 11.3 Å². The van der Waals surface area contributed by atoms with Gasteiger partial charge in [-0.25, -0.2) is 4.39 Å². The first-order chi connectivity index (χ1) is 10.2. The number of aromatic hydroxyl groups is 1. The van der Waals surface area contributed by atoms with E-state index in [4.69, 9.17) is 0 Å².